The van der Waals surface area contributed by atoms with Gasteiger partial charge in [0, 0.05) is 5.56 Å². The fourth-order valence-electron chi connectivity index (χ4n) is 2.10. The largest absolute Gasteiger partial charge is 0.493 e. The second kappa shape index (κ2) is 6.90. The number of methoxy groups -OCH3 is 4. The maximum absolute atomic E-state index is 12.6. The van der Waals surface area contributed by atoms with Gasteiger partial charge in [-0.2, -0.15) is 0 Å². The molecule has 0 radical (unpaired) electrons. The summed E-state index contributed by atoms with van der Waals surface area (Å²) in [6.07, 6.45) is 1.20. The molecule has 1 heterocycles. The van der Waals surface area contributed by atoms with Crippen molar-refractivity contribution in [2.75, 3.05) is 34.2 Å². The van der Waals surface area contributed by atoms with Crippen LogP contribution in [0.15, 0.2) is 18.3 Å². The van der Waals surface area contributed by atoms with E-state index in [4.69, 9.17) is 19.9 Å². The Balaban J connectivity index is 2.48. The minimum Gasteiger partial charge on any atom is -0.493 e. The van der Waals surface area contributed by atoms with Crippen LogP contribution in [-0.4, -0.2) is 50.1 Å². The van der Waals surface area contributed by atoms with Crippen LogP contribution in [0.25, 0.3) is 0 Å². The summed E-state index contributed by atoms with van der Waals surface area (Å²) in [6.45, 7) is 0. The Kier molecular flexibility index (Phi) is 4.93. The van der Waals surface area contributed by atoms with Crippen LogP contribution in [0, 0.1) is 0 Å². The number of hydrogen-bond donors (Lipinski definition) is 1. The lowest BCUT2D eigenvalue weighted by molar-refractivity contribution is 0.0602. The summed E-state index contributed by atoms with van der Waals surface area (Å²) >= 11 is 0. The average Bonchev–Trinajstić information content (AvgIpc) is 3.00. The highest BCUT2D eigenvalue weighted by molar-refractivity contribution is 5.99. The zero-order valence-electron chi connectivity index (χ0n) is 13.7. The molecule has 128 valence electrons. The van der Waals surface area contributed by atoms with Gasteiger partial charge < -0.3 is 24.7 Å². The predicted octanol–water partition coefficient (Wildman–Crippen LogP) is 0.966. The molecule has 0 amide bonds. The van der Waals surface area contributed by atoms with Crippen molar-refractivity contribution in [1.29, 1.82) is 0 Å². The Hall–Kier alpha value is -3.23. The van der Waals surface area contributed by atoms with Crippen LogP contribution in [0.5, 0.6) is 17.2 Å². The van der Waals surface area contributed by atoms with Gasteiger partial charge in [0.2, 0.25) is 5.75 Å². The van der Waals surface area contributed by atoms with Crippen LogP contribution in [0.3, 0.4) is 0 Å². The first kappa shape index (κ1) is 17.1. The molecule has 0 aliphatic rings. The molecule has 2 rings (SSSR count). The topological polar surface area (TPSA) is 115 Å². The summed E-state index contributed by atoms with van der Waals surface area (Å²) in [5, 5.41) is 3.84. The molecule has 0 saturated carbocycles. The van der Waals surface area contributed by atoms with Crippen LogP contribution in [0.1, 0.15) is 20.7 Å². The average molecular weight is 335 g/mol. The number of ether oxygens (including phenoxy) is 4. The van der Waals surface area contributed by atoms with Gasteiger partial charge in [-0.25, -0.2) is 9.48 Å². The molecule has 2 aromatic rings. The molecular formula is C15H17N3O6. The zero-order valence-corrected chi connectivity index (χ0v) is 13.7. The van der Waals surface area contributed by atoms with Crippen molar-refractivity contribution in [1.82, 2.24) is 9.78 Å². The molecule has 2 N–H and O–H groups in total. The van der Waals surface area contributed by atoms with Crippen molar-refractivity contribution >= 4 is 17.7 Å². The summed E-state index contributed by atoms with van der Waals surface area (Å²) in [7, 11) is 5.54. The number of aromatic nitrogens is 2. The molecule has 24 heavy (non-hydrogen) atoms. The number of hydrogen-bond acceptors (Lipinski definition) is 8. The third-order valence-electron chi connectivity index (χ3n) is 3.27. The Morgan fingerprint density at radius 3 is 2.08 bits per heavy atom. The van der Waals surface area contributed by atoms with Crippen LogP contribution in [0.4, 0.5) is 5.82 Å². The second-order valence-corrected chi connectivity index (χ2v) is 4.58. The summed E-state index contributed by atoms with van der Waals surface area (Å²) in [5.41, 5.74) is 5.85. The van der Waals surface area contributed by atoms with Crippen LogP contribution in [0.2, 0.25) is 0 Å². The molecule has 0 aliphatic heterocycles. The Morgan fingerprint density at radius 1 is 1.04 bits per heavy atom. The quantitative estimate of drug-likeness (QED) is 0.804. The van der Waals surface area contributed by atoms with Crippen molar-refractivity contribution in [3.63, 3.8) is 0 Å². The van der Waals surface area contributed by atoms with Gasteiger partial charge >= 0.3 is 5.97 Å². The fourth-order valence-corrected chi connectivity index (χ4v) is 2.10. The van der Waals surface area contributed by atoms with E-state index in [1.807, 2.05) is 0 Å². The van der Waals surface area contributed by atoms with E-state index in [9.17, 15) is 9.59 Å². The molecule has 0 atom stereocenters. The molecule has 0 saturated heterocycles. The number of nitrogen functional groups attached to an aromatic ring is 1. The predicted molar refractivity (Wildman–Crippen MR) is 83.8 cm³/mol. The minimum absolute atomic E-state index is 0.00158. The number of carbonyl (C=O) groups excluding carboxylic acids is 2. The molecule has 0 aliphatic carbocycles. The van der Waals surface area contributed by atoms with Gasteiger partial charge in [0.1, 0.15) is 5.56 Å². The van der Waals surface area contributed by atoms with Crippen molar-refractivity contribution in [3.8, 4) is 17.2 Å². The molecule has 0 bridgehead atoms. The monoisotopic (exact) mass is 335 g/mol. The SMILES string of the molecule is COC(=O)c1cn(C(=O)c2cc(OC)c(OC)c(OC)c2)nc1N. The summed E-state index contributed by atoms with van der Waals surface area (Å²) in [6, 6.07) is 2.94. The third kappa shape index (κ3) is 2.96. The van der Waals surface area contributed by atoms with E-state index in [1.54, 1.807) is 0 Å². The summed E-state index contributed by atoms with van der Waals surface area (Å²) < 4.78 is 21.1. The normalized spacial score (nSPS) is 10.2. The number of benzene rings is 1. The van der Waals surface area contributed by atoms with E-state index in [-0.39, 0.29) is 16.9 Å². The Bertz CT molecular complexity index is 759. The lowest BCUT2D eigenvalue weighted by Crippen LogP contribution is -2.13. The summed E-state index contributed by atoms with van der Waals surface area (Å²) in [4.78, 5) is 24.2. The number of rotatable bonds is 5. The maximum atomic E-state index is 12.6. The molecule has 1 aromatic heterocycles. The molecule has 0 spiro atoms. The molecule has 0 unspecified atom stereocenters. The summed E-state index contributed by atoms with van der Waals surface area (Å²) in [5.74, 6) is -0.344. The van der Waals surface area contributed by atoms with E-state index >= 15 is 0 Å². The van der Waals surface area contributed by atoms with E-state index < -0.39 is 11.9 Å². The van der Waals surface area contributed by atoms with Gasteiger partial charge in [-0.15, -0.1) is 5.10 Å². The van der Waals surface area contributed by atoms with Crippen LogP contribution < -0.4 is 19.9 Å². The highest BCUT2D eigenvalue weighted by Crippen LogP contribution is 2.38. The standard InChI is InChI=1S/C15H17N3O6/c1-21-10-5-8(6-11(22-2)12(10)23-3)14(19)18-7-9(13(16)17-18)15(20)24-4/h5-7H,1-4H3,(H2,16,17). The van der Waals surface area contributed by atoms with E-state index in [0.29, 0.717) is 17.2 Å². The van der Waals surface area contributed by atoms with Gasteiger partial charge in [-0.1, -0.05) is 0 Å². The Labute approximate surface area is 137 Å². The van der Waals surface area contributed by atoms with E-state index in [0.717, 1.165) is 4.68 Å². The molecule has 0 fully saturated rings. The van der Waals surface area contributed by atoms with Crippen molar-refractivity contribution in [2.45, 2.75) is 0 Å². The number of carbonyl (C=O) groups is 2. The first-order chi connectivity index (χ1) is 11.5. The van der Waals surface area contributed by atoms with Gasteiger partial charge in [0.25, 0.3) is 5.91 Å². The highest BCUT2D eigenvalue weighted by atomic mass is 16.5. The maximum Gasteiger partial charge on any atom is 0.343 e. The highest BCUT2D eigenvalue weighted by Gasteiger charge is 2.21. The van der Waals surface area contributed by atoms with Gasteiger partial charge in [-0.05, 0) is 12.1 Å². The van der Waals surface area contributed by atoms with Gasteiger partial charge in [0.05, 0.1) is 34.6 Å². The van der Waals surface area contributed by atoms with E-state index in [1.165, 1.54) is 46.8 Å². The third-order valence-corrected chi connectivity index (χ3v) is 3.27. The number of esters is 1. The first-order valence-electron chi connectivity index (χ1n) is 6.75. The lowest BCUT2D eigenvalue weighted by atomic mass is 10.1. The number of anilines is 1. The fraction of sp³-hybridized carbons (Fsp3) is 0.267. The van der Waals surface area contributed by atoms with Crippen molar-refractivity contribution < 1.29 is 28.5 Å². The van der Waals surface area contributed by atoms with Crippen molar-refractivity contribution in [3.05, 3.63) is 29.5 Å². The van der Waals surface area contributed by atoms with Gasteiger partial charge in [0.15, 0.2) is 17.3 Å². The van der Waals surface area contributed by atoms with Crippen LogP contribution in [-0.2, 0) is 4.74 Å². The smallest absolute Gasteiger partial charge is 0.343 e. The van der Waals surface area contributed by atoms with Gasteiger partial charge in [-0.3, -0.25) is 4.79 Å². The first-order valence-corrected chi connectivity index (χ1v) is 6.75. The second-order valence-electron chi connectivity index (χ2n) is 4.58. The number of nitrogens with zero attached hydrogens (tertiary/aromatic N) is 2. The van der Waals surface area contributed by atoms with Crippen LogP contribution >= 0.6 is 0 Å². The van der Waals surface area contributed by atoms with E-state index in [2.05, 4.69) is 9.84 Å². The number of nitrogens with two attached hydrogens (primary N) is 1. The molecule has 1 aromatic carbocycles. The zero-order chi connectivity index (χ0) is 17.9. The lowest BCUT2D eigenvalue weighted by Gasteiger charge is -2.13. The molecular weight excluding hydrogens is 318 g/mol. The van der Waals surface area contributed by atoms with Crippen molar-refractivity contribution in [2.24, 2.45) is 0 Å². The Morgan fingerprint density at radius 2 is 1.62 bits per heavy atom. The molecule has 9 nitrogen and oxygen atoms in total. The minimum atomic E-state index is -0.684. The molecule has 9 heteroatoms.